The van der Waals surface area contributed by atoms with Gasteiger partial charge in [-0.05, 0) is 44.9 Å². The number of carbonyl (C=O) groups excluding carboxylic acids is 1. The van der Waals surface area contributed by atoms with Crippen LogP contribution >= 0.6 is 0 Å². The molecular weight excluding hydrogens is 296 g/mol. The number of Topliss-reactive ketones (excluding diaryl/α,β-unsaturated/α-hetero) is 1. The second-order valence-electron chi connectivity index (χ2n) is 7.78. The van der Waals surface area contributed by atoms with Crippen LogP contribution in [0.15, 0.2) is 11.6 Å². The Morgan fingerprint density at radius 1 is 1.00 bits per heavy atom. The van der Waals surface area contributed by atoms with Gasteiger partial charge in [0.2, 0.25) is 0 Å². The van der Waals surface area contributed by atoms with Gasteiger partial charge in [0.25, 0.3) is 0 Å². The normalized spacial score (nSPS) is 15.9. The number of aliphatic hydroxyl groups excluding tert-OH is 1. The number of aliphatic hydroxyl groups is 1. The van der Waals surface area contributed by atoms with Crippen molar-refractivity contribution in [1.29, 1.82) is 0 Å². The first-order valence-electron chi connectivity index (χ1n) is 10.5. The molecule has 0 aromatic carbocycles. The SMILES string of the molecule is CCCCCCCC(O)CC(CCCCCCCC(C)=O)C1=CC1. The lowest BCUT2D eigenvalue weighted by atomic mass is 9.90. The molecule has 0 aromatic rings. The number of hydrogen-bond donors (Lipinski definition) is 1. The summed E-state index contributed by atoms with van der Waals surface area (Å²) in [6, 6.07) is 0. The van der Waals surface area contributed by atoms with Crippen molar-refractivity contribution in [1.82, 2.24) is 0 Å². The number of hydrogen-bond acceptors (Lipinski definition) is 2. The molecular formula is C22H40O2. The summed E-state index contributed by atoms with van der Waals surface area (Å²) in [5.74, 6) is 0.951. The summed E-state index contributed by atoms with van der Waals surface area (Å²) in [6.45, 7) is 3.93. The summed E-state index contributed by atoms with van der Waals surface area (Å²) < 4.78 is 0. The lowest BCUT2D eigenvalue weighted by Gasteiger charge is -2.18. The van der Waals surface area contributed by atoms with Gasteiger partial charge in [0.05, 0.1) is 6.10 Å². The third-order valence-electron chi connectivity index (χ3n) is 5.24. The van der Waals surface area contributed by atoms with Crippen LogP contribution in [0.5, 0.6) is 0 Å². The quantitative estimate of drug-likeness (QED) is 0.248. The molecule has 0 saturated carbocycles. The molecule has 0 aliphatic heterocycles. The van der Waals surface area contributed by atoms with Crippen LogP contribution < -0.4 is 0 Å². The largest absolute Gasteiger partial charge is 0.393 e. The standard InChI is InChI=1S/C22H40O2/c1-3-4-5-7-12-15-22(24)18-21(20-16-17-20)14-11-9-6-8-10-13-19(2)23/h16,21-22,24H,3-15,17-18H2,1-2H3. The second kappa shape index (κ2) is 13.6. The fourth-order valence-electron chi connectivity index (χ4n) is 3.57. The average Bonchev–Trinajstić information content (AvgIpc) is 3.37. The lowest BCUT2D eigenvalue weighted by Crippen LogP contribution is -2.13. The van der Waals surface area contributed by atoms with Crippen LogP contribution in [0.2, 0.25) is 0 Å². The van der Waals surface area contributed by atoms with Gasteiger partial charge in [0.1, 0.15) is 5.78 Å². The van der Waals surface area contributed by atoms with Crippen LogP contribution in [0, 0.1) is 5.92 Å². The van der Waals surface area contributed by atoms with E-state index in [0.29, 0.717) is 11.7 Å². The van der Waals surface area contributed by atoms with Crippen LogP contribution in [0.25, 0.3) is 0 Å². The van der Waals surface area contributed by atoms with Crippen molar-refractivity contribution in [3.63, 3.8) is 0 Å². The minimum atomic E-state index is -0.103. The Morgan fingerprint density at radius 2 is 1.58 bits per heavy atom. The van der Waals surface area contributed by atoms with Crippen molar-refractivity contribution in [2.75, 3.05) is 0 Å². The fraction of sp³-hybridized carbons (Fsp3) is 0.864. The summed E-state index contributed by atoms with van der Waals surface area (Å²) in [5, 5.41) is 10.3. The Hall–Kier alpha value is -0.630. The third kappa shape index (κ3) is 11.8. The minimum Gasteiger partial charge on any atom is -0.393 e. The van der Waals surface area contributed by atoms with Crippen LogP contribution in [0.1, 0.15) is 110 Å². The first-order chi connectivity index (χ1) is 11.6. The summed E-state index contributed by atoms with van der Waals surface area (Å²) in [7, 11) is 0. The molecule has 0 amide bonds. The maximum absolute atomic E-state index is 10.9. The van der Waals surface area contributed by atoms with E-state index < -0.39 is 0 Å². The van der Waals surface area contributed by atoms with Gasteiger partial charge < -0.3 is 9.90 Å². The van der Waals surface area contributed by atoms with Crippen LogP contribution in [-0.2, 0) is 4.79 Å². The molecule has 1 aliphatic rings. The number of rotatable bonds is 17. The Balaban J connectivity index is 2.05. The van der Waals surface area contributed by atoms with Gasteiger partial charge in [-0.25, -0.2) is 0 Å². The number of ketones is 1. The van der Waals surface area contributed by atoms with E-state index in [2.05, 4.69) is 13.0 Å². The molecule has 0 fully saturated rings. The molecule has 0 spiro atoms. The van der Waals surface area contributed by atoms with E-state index in [4.69, 9.17) is 0 Å². The van der Waals surface area contributed by atoms with Crippen LogP contribution in [0.4, 0.5) is 0 Å². The molecule has 2 unspecified atom stereocenters. The Kier molecular flexibility index (Phi) is 12.2. The zero-order chi connectivity index (χ0) is 17.6. The number of allylic oxidation sites excluding steroid dienone is 2. The maximum Gasteiger partial charge on any atom is 0.129 e. The highest BCUT2D eigenvalue weighted by Gasteiger charge is 2.22. The Bertz CT molecular complexity index is 359. The monoisotopic (exact) mass is 336 g/mol. The topological polar surface area (TPSA) is 37.3 Å². The predicted octanol–water partition coefficient (Wildman–Crippen LogP) is 6.36. The van der Waals surface area contributed by atoms with Crippen molar-refractivity contribution in [3.05, 3.63) is 11.6 Å². The van der Waals surface area contributed by atoms with Crippen molar-refractivity contribution < 1.29 is 9.90 Å². The lowest BCUT2D eigenvalue weighted by molar-refractivity contribution is -0.117. The molecule has 2 nitrogen and oxygen atoms in total. The molecule has 0 bridgehead atoms. The summed E-state index contributed by atoms with van der Waals surface area (Å²) >= 11 is 0. The van der Waals surface area contributed by atoms with Crippen molar-refractivity contribution in [3.8, 4) is 0 Å². The zero-order valence-corrected chi connectivity index (χ0v) is 16.2. The van der Waals surface area contributed by atoms with Crippen molar-refractivity contribution in [2.24, 2.45) is 5.92 Å². The van der Waals surface area contributed by atoms with E-state index in [1.165, 1.54) is 70.6 Å². The third-order valence-corrected chi connectivity index (χ3v) is 5.24. The summed E-state index contributed by atoms with van der Waals surface area (Å²) in [5.41, 5.74) is 1.59. The Labute approximate surface area is 150 Å². The van der Waals surface area contributed by atoms with Gasteiger partial charge in [-0.3, -0.25) is 0 Å². The molecule has 24 heavy (non-hydrogen) atoms. The summed E-state index contributed by atoms with van der Waals surface area (Å²) in [4.78, 5) is 10.9. The highest BCUT2D eigenvalue weighted by atomic mass is 16.3. The highest BCUT2D eigenvalue weighted by Crippen LogP contribution is 2.35. The van der Waals surface area contributed by atoms with Gasteiger partial charge in [-0.2, -0.15) is 0 Å². The second-order valence-corrected chi connectivity index (χ2v) is 7.78. The smallest absolute Gasteiger partial charge is 0.129 e. The molecule has 140 valence electrons. The van der Waals surface area contributed by atoms with E-state index in [0.717, 1.165) is 25.7 Å². The van der Waals surface area contributed by atoms with Gasteiger partial charge >= 0.3 is 0 Å². The molecule has 2 atom stereocenters. The molecule has 0 aromatic heterocycles. The number of carbonyl (C=O) groups is 1. The van der Waals surface area contributed by atoms with E-state index in [1.807, 2.05) is 0 Å². The van der Waals surface area contributed by atoms with E-state index in [9.17, 15) is 9.90 Å². The molecule has 0 radical (unpaired) electrons. The van der Waals surface area contributed by atoms with E-state index >= 15 is 0 Å². The van der Waals surface area contributed by atoms with Gasteiger partial charge in [0, 0.05) is 6.42 Å². The van der Waals surface area contributed by atoms with E-state index in [-0.39, 0.29) is 6.10 Å². The molecule has 0 heterocycles. The number of unbranched alkanes of at least 4 members (excludes halogenated alkanes) is 8. The Morgan fingerprint density at radius 3 is 2.21 bits per heavy atom. The minimum absolute atomic E-state index is 0.103. The average molecular weight is 337 g/mol. The first-order valence-corrected chi connectivity index (χ1v) is 10.5. The van der Waals surface area contributed by atoms with Crippen molar-refractivity contribution >= 4 is 5.78 Å². The predicted molar refractivity (Wildman–Crippen MR) is 103 cm³/mol. The van der Waals surface area contributed by atoms with Crippen molar-refractivity contribution in [2.45, 2.75) is 116 Å². The molecule has 1 aliphatic carbocycles. The van der Waals surface area contributed by atoms with Gasteiger partial charge in [0.15, 0.2) is 0 Å². The fourth-order valence-corrected chi connectivity index (χ4v) is 3.57. The highest BCUT2D eigenvalue weighted by molar-refractivity contribution is 5.75. The van der Waals surface area contributed by atoms with Crippen LogP contribution in [-0.4, -0.2) is 17.0 Å². The molecule has 2 heteroatoms. The zero-order valence-electron chi connectivity index (χ0n) is 16.2. The van der Waals surface area contributed by atoms with Gasteiger partial charge in [-0.1, -0.05) is 76.4 Å². The maximum atomic E-state index is 10.9. The van der Waals surface area contributed by atoms with Gasteiger partial charge in [-0.15, -0.1) is 0 Å². The molecule has 0 saturated heterocycles. The summed E-state index contributed by atoms with van der Waals surface area (Å²) in [6.07, 6.45) is 19.8. The first kappa shape index (κ1) is 21.4. The molecule has 1 rings (SSSR count). The molecule has 1 N–H and O–H groups in total. The van der Waals surface area contributed by atoms with Crippen LogP contribution in [0.3, 0.4) is 0 Å². The van der Waals surface area contributed by atoms with E-state index in [1.54, 1.807) is 12.5 Å².